The Hall–Kier alpha value is -0.950. The lowest BCUT2D eigenvalue weighted by molar-refractivity contribution is -0.138. The SMILES string of the molecule is FC(F)(F)c1cc(Oc2cccc(I)c2)ccc1CCl. The summed E-state index contributed by atoms with van der Waals surface area (Å²) >= 11 is 7.63. The van der Waals surface area contributed by atoms with Gasteiger partial charge in [0, 0.05) is 9.45 Å². The molecule has 0 spiro atoms. The van der Waals surface area contributed by atoms with Crippen molar-refractivity contribution in [2.24, 2.45) is 0 Å². The summed E-state index contributed by atoms with van der Waals surface area (Å²) in [7, 11) is 0. The summed E-state index contributed by atoms with van der Waals surface area (Å²) < 4.78 is 45.1. The average molecular weight is 413 g/mol. The highest BCUT2D eigenvalue weighted by Gasteiger charge is 2.33. The molecule has 20 heavy (non-hydrogen) atoms. The van der Waals surface area contributed by atoms with E-state index in [1.54, 1.807) is 18.2 Å². The molecule has 0 aliphatic carbocycles. The average Bonchev–Trinajstić information content (AvgIpc) is 2.37. The zero-order valence-electron chi connectivity index (χ0n) is 10.0. The fourth-order valence-electron chi connectivity index (χ4n) is 1.67. The van der Waals surface area contributed by atoms with Crippen LogP contribution in [0.5, 0.6) is 11.5 Å². The van der Waals surface area contributed by atoms with E-state index in [0.717, 1.165) is 9.64 Å². The van der Waals surface area contributed by atoms with Crippen molar-refractivity contribution in [3.05, 3.63) is 57.2 Å². The van der Waals surface area contributed by atoms with E-state index in [4.69, 9.17) is 16.3 Å². The number of alkyl halides is 4. The topological polar surface area (TPSA) is 9.23 Å². The maximum Gasteiger partial charge on any atom is 0.416 e. The minimum atomic E-state index is -4.45. The van der Waals surface area contributed by atoms with Crippen LogP contribution in [0.3, 0.4) is 0 Å². The van der Waals surface area contributed by atoms with Gasteiger partial charge in [-0.05, 0) is 58.5 Å². The van der Waals surface area contributed by atoms with Crippen molar-refractivity contribution < 1.29 is 17.9 Å². The molecule has 0 aliphatic rings. The van der Waals surface area contributed by atoms with Crippen molar-refractivity contribution in [2.45, 2.75) is 12.1 Å². The molecule has 0 bridgehead atoms. The van der Waals surface area contributed by atoms with Gasteiger partial charge in [0.2, 0.25) is 0 Å². The molecule has 0 unspecified atom stereocenters. The molecule has 0 radical (unpaired) electrons. The third-order valence-corrected chi connectivity index (χ3v) is 3.52. The standard InChI is InChI=1S/C14H9ClF3IO/c15-8-9-4-5-12(7-13(9)14(16,17)18)20-11-3-1-2-10(19)6-11/h1-7H,8H2. The lowest BCUT2D eigenvalue weighted by Gasteiger charge is -2.13. The number of halogens is 5. The molecular formula is C14H9ClF3IO. The third kappa shape index (κ3) is 3.79. The minimum absolute atomic E-state index is 0.0363. The van der Waals surface area contributed by atoms with E-state index in [1.165, 1.54) is 12.1 Å². The van der Waals surface area contributed by atoms with Crippen molar-refractivity contribution in [3.8, 4) is 11.5 Å². The summed E-state index contributed by atoms with van der Waals surface area (Å²) in [6.45, 7) is 0. The Balaban J connectivity index is 2.34. The zero-order valence-corrected chi connectivity index (χ0v) is 13.0. The summed E-state index contributed by atoms with van der Waals surface area (Å²) in [5.74, 6) is 0.426. The molecule has 0 aliphatic heterocycles. The summed E-state index contributed by atoms with van der Waals surface area (Å²) in [4.78, 5) is 0. The fraction of sp³-hybridized carbons (Fsp3) is 0.143. The molecule has 2 aromatic carbocycles. The van der Waals surface area contributed by atoms with Gasteiger partial charge in [0.15, 0.2) is 0 Å². The van der Waals surface area contributed by atoms with Crippen LogP contribution >= 0.6 is 34.2 Å². The Morgan fingerprint density at radius 3 is 2.35 bits per heavy atom. The Kier molecular flexibility index (Phi) is 4.80. The molecule has 0 saturated heterocycles. The van der Waals surface area contributed by atoms with E-state index in [2.05, 4.69) is 22.6 Å². The van der Waals surface area contributed by atoms with E-state index < -0.39 is 11.7 Å². The molecule has 6 heteroatoms. The normalized spacial score (nSPS) is 11.4. The quantitative estimate of drug-likeness (QED) is 0.454. The fourth-order valence-corrected chi connectivity index (χ4v) is 2.41. The molecule has 1 nitrogen and oxygen atoms in total. The van der Waals surface area contributed by atoms with Gasteiger partial charge in [0.05, 0.1) is 5.56 Å². The highest BCUT2D eigenvalue weighted by Crippen LogP contribution is 2.36. The number of rotatable bonds is 3. The van der Waals surface area contributed by atoms with Crippen molar-refractivity contribution in [1.29, 1.82) is 0 Å². The summed E-state index contributed by atoms with van der Waals surface area (Å²) in [5.41, 5.74) is -0.732. The van der Waals surface area contributed by atoms with Gasteiger partial charge in [-0.25, -0.2) is 0 Å². The smallest absolute Gasteiger partial charge is 0.416 e. The lowest BCUT2D eigenvalue weighted by atomic mass is 10.1. The second-order valence-corrected chi connectivity index (χ2v) is 5.52. The van der Waals surface area contributed by atoms with Crippen LogP contribution in [0.15, 0.2) is 42.5 Å². The van der Waals surface area contributed by atoms with Gasteiger partial charge in [-0.2, -0.15) is 13.2 Å². The predicted molar refractivity (Wildman–Crippen MR) is 80.2 cm³/mol. The molecule has 0 fully saturated rings. The third-order valence-electron chi connectivity index (χ3n) is 2.56. The molecule has 0 atom stereocenters. The van der Waals surface area contributed by atoms with Gasteiger partial charge in [0.1, 0.15) is 11.5 Å². The number of hydrogen-bond acceptors (Lipinski definition) is 1. The zero-order chi connectivity index (χ0) is 14.8. The second-order valence-electron chi connectivity index (χ2n) is 4.01. The molecule has 0 heterocycles. The van der Waals surface area contributed by atoms with E-state index in [0.29, 0.717) is 5.75 Å². The molecule has 2 rings (SSSR count). The molecule has 0 aromatic heterocycles. The summed E-state index contributed by atoms with van der Waals surface area (Å²) in [6.07, 6.45) is -4.45. The van der Waals surface area contributed by atoms with Gasteiger partial charge in [-0.3, -0.25) is 0 Å². The van der Waals surface area contributed by atoms with Gasteiger partial charge in [-0.1, -0.05) is 12.1 Å². The first-order valence-electron chi connectivity index (χ1n) is 5.59. The van der Waals surface area contributed by atoms with Crippen LogP contribution in [0.4, 0.5) is 13.2 Å². The molecule has 2 aromatic rings. The molecule has 0 amide bonds. The minimum Gasteiger partial charge on any atom is -0.457 e. The van der Waals surface area contributed by atoms with E-state index in [9.17, 15) is 13.2 Å². The molecule has 106 valence electrons. The van der Waals surface area contributed by atoms with Crippen molar-refractivity contribution >= 4 is 34.2 Å². The van der Waals surface area contributed by atoms with Crippen LogP contribution in [0.25, 0.3) is 0 Å². The maximum atomic E-state index is 12.9. The van der Waals surface area contributed by atoms with Gasteiger partial charge < -0.3 is 4.74 Å². The number of hydrogen-bond donors (Lipinski definition) is 0. The Bertz CT molecular complexity index is 614. The summed E-state index contributed by atoms with van der Waals surface area (Å²) in [6, 6.07) is 10.8. The number of benzene rings is 2. The summed E-state index contributed by atoms with van der Waals surface area (Å²) in [5, 5.41) is 0. The first-order chi connectivity index (χ1) is 9.40. The highest BCUT2D eigenvalue weighted by molar-refractivity contribution is 14.1. The van der Waals surface area contributed by atoms with Crippen LogP contribution in [0.2, 0.25) is 0 Å². The number of ether oxygens (including phenoxy) is 1. The van der Waals surface area contributed by atoms with Crippen molar-refractivity contribution in [3.63, 3.8) is 0 Å². The van der Waals surface area contributed by atoms with Gasteiger partial charge in [0.25, 0.3) is 0 Å². The second kappa shape index (κ2) is 6.22. The highest BCUT2D eigenvalue weighted by atomic mass is 127. The molecule has 0 saturated carbocycles. The van der Waals surface area contributed by atoms with E-state index in [1.807, 2.05) is 6.07 Å². The molecule has 0 N–H and O–H groups in total. The maximum absolute atomic E-state index is 12.9. The first kappa shape index (κ1) is 15.4. The van der Waals surface area contributed by atoms with E-state index >= 15 is 0 Å². The van der Waals surface area contributed by atoms with Crippen molar-refractivity contribution in [1.82, 2.24) is 0 Å². The molecular weight excluding hydrogens is 404 g/mol. The Labute approximate surface area is 132 Å². The van der Waals surface area contributed by atoms with Crippen LogP contribution in [0.1, 0.15) is 11.1 Å². The Morgan fingerprint density at radius 1 is 1.05 bits per heavy atom. The predicted octanol–water partition coefficient (Wildman–Crippen LogP) is 5.84. The van der Waals surface area contributed by atoms with Crippen LogP contribution < -0.4 is 4.74 Å². The Morgan fingerprint density at radius 2 is 1.75 bits per heavy atom. The largest absolute Gasteiger partial charge is 0.457 e. The van der Waals surface area contributed by atoms with Crippen molar-refractivity contribution in [2.75, 3.05) is 0 Å². The van der Waals surface area contributed by atoms with E-state index in [-0.39, 0.29) is 17.2 Å². The van der Waals surface area contributed by atoms with Gasteiger partial charge in [-0.15, -0.1) is 11.6 Å². The van der Waals surface area contributed by atoms with Gasteiger partial charge >= 0.3 is 6.18 Å². The van der Waals surface area contributed by atoms with Crippen LogP contribution in [0, 0.1) is 3.57 Å². The van der Waals surface area contributed by atoms with Crippen LogP contribution in [-0.2, 0) is 12.1 Å². The monoisotopic (exact) mass is 412 g/mol. The lowest BCUT2D eigenvalue weighted by Crippen LogP contribution is -2.08. The van der Waals surface area contributed by atoms with Crippen LogP contribution in [-0.4, -0.2) is 0 Å². The first-order valence-corrected chi connectivity index (χ1v) is 7.21.